The zero-order valence-corrected chi connectivity index (χ0v) is 25.4. The summed E-state index contributed by atoms with van der Waals surface area (Å²) in [6, 6.07) is 9.97. The van der Waals surface area contributed by atoms with Gasteiger partial charge in [0, 0.05) is 44.4 Å². The van der Waals surface area contributed by atoms with E-state index in [2.05, 4.69) is 48.1 Å². The topological polar surface area (TPSA) is 84.9 Å². The van der Waals surface area contributed by atoms with E-state index in [9.17, 15) is 5.11 Å². The normalized spacial score (nSPS) is 41.0. The van der Waals surface area contributed by atoms with Gasteiger partial charge in [-0.3, -0.25) is 0 Å². The number of ether oxygens (including phenoxy) is 3. The highest BCUT2D eigenvalue weighted by molar-refractivity contribution is 5.20. The second-order valence-electron chi connectivity index (χ2n) is 13.5. The Morgan fingerprint density at radius 2 is 1.83 bits per heavy atom. The van der Waals surface area contributed by atoms with Crippen LogP contribution in [-0.2, 0) is 24.0 Å². The summed E-state index contributed by atoms with van der Waals surface area (Å²) in [5, 5.41) is 15.1. The van der Waals surface area contributed by atoms with Gasteiger partial charge in [-0.2, -0.15) is 0 Å². The van der Waals surface area contributed by atoms with E-state index in [0.29, 0.717) is 11.8 Å². The van der Waals surface area contributed by atoms with E-state index in [4.69, 9.17) is 24.0 Å². The number of piperazine rings is 1. The van der Waals surface area contributed by atoms with Crippen molar-refractivity contribution in [3.63, 3.8) is 0 Å². The fourth-order valence-electron chi connectivity index (χ4n) is 8.12. The Hall–Kier alpha value is -1.14. The standard InChI is InChI=1S/C32H51N3O6/c1-22-11-12-26-23(2)29(38-30-32(26)25(22)13-14-31(3,39-30)40-41-32)37-21-27(36)28(24-9-6-5-7-10-24)33-15-8-16-35-19-17-34(4)18-20-35/h5-7,9-10,22-23,25-30,33,36H,8,11-21H2,1-4H3/t22-,23-,25+,26+,27?,28?,29?,30-,31+,32-/m1/s1. The maximum Gasteiger partial charge on any atom is 0.201 e. The number of aliphatic hydroxyl groups is 1. The van der Waals surface area contributed by atoms with Gasteiger partial charge in [0.25, 0.3) is 0 Å². The van der Waals surface area contributed by atoms with E-state index in [1.807, 2.05) is 25.1 Å². The molecule has 9 heteroatoms. The molecular weight excluding hydrogens is 522 g/mol. The van der Waals surface area contributed by atoms with Crippen LogP contribution in [0.5, 0.6) is 0 Å². The molecule has 0 aromatic heterocycles. The summed E-state index contributed by atoms with van der Waals surface area (Å²) in [6.07, 6.45) is 3.24. The van der Waals surface area contributed by atoms with Crippen molar-refractivity contribution in [2.45, 2.75) is 89.0 Å². The second kappa shape index (κ2) is 12.5. The van der Waals surface area contributed by atoms with Crippen molar-refractivity contribution in [2.75, 3.05) is 52.9 Å². The smallest absolute Gasteiger partial charge is 0.201 e. The molecule has 5 heterocycles. The summed E-state index contributed by atoms with van der Waals surface area (Å²) in [6.45, 7) is 13.0. The molecule has 5 aliphatic heterocycles. The third kappa shape index (κ3) is 5.99. The van der Waals surface area contributed by atoms with Crippen LogP contribution in [0.1, 0.15) is 64.5 Å². The van der Waals surface area contributed by atoms with Gasteiger partial charge < -0.3 is 34.4 Å². The first-order valence-electron chi connectivity index (χ1n) is 16.0. The Kier molecular flexibility index (Phi) is 9.09. The van der Waals surface area contributed by atoms with Crippen molar-refractivity contribution in [3.05, 3.63) is 35.9 Å². The van der Waals surface area contributed by atoms with E-state index in [0.717, 1.165) is 76.9 Å². The Balaban J connectivity index is 1.09. The van der Waals surface area contributed by atoms with Crippen LogP contribution in [0.15, 0.2) is 30.3 Å². The number of fused-ring (bicyclic) bond motifs is 2. The minimum absolute atomic E-state index is 0.0785. The van der Waals surface area contributed by atoms with Crippen LogP contribution in [-0.4, -0.2) is 97.9 Å². The van der Waals surface area contributed by atoms with Gasteiger partial charge in [-0.25, -0.2) is 9.78 Å². The number of hydrogen-bond acceptors (Lipinski definition) is 9. The Bertz CT molecular complexity index is 995. The summed E-state index contributed by atoms with van der Waals surface area (Å²) in [7, 11) is 2.19. The number of nitrogens with one attached hydrogen (secondary N) is 1. The van der Waals surface area contributed by atoms with Gasteiger partial charge in [0.2, 0.25) is 5.79 Å². The summed E-state index contributed by atoms with van der Waals surface area (Å²) in [5.41, 5.74) is 0.454. The van der Waals surface area contributed by atoms with Crippen LogP contribution in [0, 0.1) is 23.7 Å². The van der Waals surface area contributed by atoms with E-state index in [1.54, 1.807) is 0 Å². The summed E-state index contributed by atoms with van der Waals surface area (Å²) in [4.78, 5) is 17.1. The zero-order valence-electron chi connectivity index (χ0n) is 25.4. The van der Waals surface area contributed by atoms with Gasteiger partial charge in [-0.15, -0.1) is 0 Å². The third-order valence-corrected chi connectivity index (χ3v) is 10.7. The molecule has 2 bridgehead atoms. The lowest BCUT2D eigenvalue weighted by atomic mass is 9.58. The average molecular weight is 574 g/mol. The van der Waals surface area contributed by atoms with Gasteiger partial charge in [-0.1, -0.05) is 44.2 Å². The predicted molar refractivity (Wildman–Crippen MR) is 155 cm³/mol. The summed E-state index contributed by atoms with van der Waals surface area (Å²) in [5.74, 6) is 0.307. The largest absolute Gasteiger partial charge is 0.389 e. The van der Waals surface area contributed by atoms with Gasteiger partial charge in [0.15, 0.2) is 18.2 Å². The van der Waals surface area contributed by atoms with E-state index in [1.165, 1.54) is 0 Å². The molecular formula is C32H51N3O6. The molecule has 1 aromatic carbocycles. The first-order valence-corrected chi connectivity index (χ1v) is 16.0. The van der Waals surface area contributed by atoms with Crippen LogP contribution in [0.4, 0.5) is 0 Å². The molecule has 6 fully saturated rings. The van der Waals surface area contributed by atoms with Crippen molar-refractivity contribution < 1.29 is 29.1 Å². The Morgan fingerprint density at radius 1 is 1.05 bits per heavy atom. The van der Waals surface area contributed by atoms with Crippen molar-refractivity contribution in [1.29, 1.82) is 0 Å². The Morgan fingerprint density at radius 3 is 2.61 bits per heavy atom. The lowest BCUT2D eigenvalue weighted by Gasteiger charge is -2.60. The molecule has 1 saturated carbocycles. The SMILES string of the molecule is C[C@@H]1CC[C@H]2[C@@H](C)C(OCC(O)C(NCCCN3CCN(C)CC3)c3ccccc3)O[C@@H]3O[C@]4(C)CC[C@@H]1[C@]32OO4. The molecule has 2 N–H and O–H groups in total. The second-order valence-corrected chi connectivity index (χ2v) is 13.5. The van der Waals surface area contributed by atoms with Crippen LogP contribution >= 0.6 is 0 Å². The first kappa shape index (κ1) is 29.9. The molecule has 1 aliphatic carbocycles. The van der Waals surface area contributed by atoms with Crippen molar-refractivity contribution in [1.82, 2.24) is 15.1 Å². The maximum absolute atomic E-state index is 11.5. The molecule has 0 radical (unpaired) electrons. The molecule has 3 unspecified atom stereocenters. The molecule has 5 saturated heterocycles. The third-order valence-electron chi connectivity index (χ3n) is 10.7. The minimum Gasteiger partial charge on any atom is -0.389 e. The van der Waals surface area contributed by atoms with Crippen molar-refractivity contribution >= 4 is 0 Å². The molecule has 41 heavy (non-hydrogen) atoms. The minimum atomic E-state index is -0.811. The summed E-state index contributed by atoms with van der Waals surface area (Å²) < 4.78 is 19.5. The number of nitrogens with zero attached hydrogens (tertiary/aromatic N) is 2. The highest BCUT2D eigenvalue weighted by atomic mass is 17.3. The van der Waals surface area contributed by atoms with E-state index in [-0.39, 0.29) is 24.5 Å². The lowest BCUT2D eigenvalue weighted by Crippen LogP contribution is -2.70. The van der Waals surface area contributed by atoms with Gasteiger partial charge in [-0.05, 0) is 70.1 Å². The van der Waals surface area contributed by atoms with E-state index < -0.39 is 30.1 Å². The fraction of sp³-hybridized carbons (Fsp3) is 0.812. The molecule has 6 aliphatic rings. The van der Waals surface area contributed by atoms with Gasteiger partial charge >= 0.3 is 0 Å². The zero-order chi connectivity index (χ0) is 28.6. The Labute approximate surface area is 245 Å². The van der Waals surface area contributed by atoms with Crippen LogP contribution in [0.25, 0.3) is 0 Å². The van der Waals surface area contributed by atoms with Gasteiger partial charge in [0.1, 0.15) is 0 Å². The fourth-order valence-corrected chi connectivity index (χ4v) is 8.12. The number of benzene rings is 1. The van der Waals surface area contributed by atoms with E-state index >= 15 is 0 Å². The number of aliphatic hydroxyl groups excluding tert-OH is 1. The molecule has 7 rings (SSSR count). The average Bonchev–Trinajstić information content (AvgIpc) is 3.21. The van der Waals surface area contributed by atoms with Crippen LogP contribution in [0.2, 0.25) is 0 Å². The van der Waals surface area contributed by atoms with Gasteiger partial charge in [0.05, 0.1) is 18.8 Å². The number of hydrogen-bond donors (Lipinski definition) is 2. The monoisotopic (exact) mass is 573 g/mol. The molecule has 10 atom stereocenters. The quantitative estimate of drug-likeness (QED) is 0.323. The molecule has 230 valence electrons. The maximum atomic E-state index is 11.5. The van der Waals surface area contributed by atoms with Crippen LogP contribution in [0.3, 0.4) is 0 Å². The first-order chi connectivity index (χ1) is 19.8. The molecule has 1 spiro atoms. The number of rotatable bonds is 10. The van der Waals surface area contributed by atoms with Crippen molar-refractivity contribution in [3.8, 4) is 0 Å². The molecule has 1 aromatic rings. The highest BCUT2D eigenvalue weighted by Gasteiger charge is 2.69. The van der Waals surface area contributed by atoms with Crippen LogP contribution < -0.4 is 5.32 Å². The van der Waals surface area contributed by atoms with Crippen molar-refractivity contribution in [2.24, 2.45) is 23.7 Å². The predicted octanol–water partition coefficient (Wildman–Crippen LogP) is 3.54. The highest BCUT2D eigenvalue weighted by Crippen LogP contribution is 2.60. The molecule has 9 nitrogen and oxygen atoms in total. The molecule has 0 amide bonds. The lowest BCUT2D eigenvalue weighted by molar-refractivity contribution is -0.577. The summed E-state index contributed by atoms with van der Waals surface area (Å²) >= 11 is 0. The number of likely N-dealkylation sites (N-methyl/N-ethyl adjacent to an activating group) is 1.